The number of amides is 1. The number of halogens is 4. The normalized spacial score (nSPS) is 22.9. The number of hydrogen-bond acceptors (Lipinski definition) is 1. The number of carbonyl (C=O) groups excluding carboxylic acids is 1. The average molecular weight is 364 g/mol. The third-order valence-electron chi connectivity index (χ3n) is 3.81. The third-order valence-corrected chi connectivity index (χ3v) is 4.50. The van der Waals surface area contributed by atoms with E-state index in [0.29, 0.717) is 5.92 Å². The van der Waals surface area contributed by atoms with Crippen LogP contribution in [0.15, 0.2) is 22.7 Å². The smallest absolute Gasteiger partial charge is 0.349 e. The van der Waals surface area contributed by atoms with Crippen LogP contribution in [0.3, 0.4) is 0 Å². The number of alkyl halides is 3. The predicted molar refractivity (Wildman–Crippen MR) is 78.0 cm³/mol. The molecular weight excluding hydrogens is 347 g/mol. The van der Waals surface area contributed by atoms with E-state index < -0.39 is 17.6 Å². The maximum Gasteiger partial charge on any atom is 0.417 e. The Labute approximate surface area is 130 Å². The summed E-state index contributed by atoms with van der Waals surface area (Å²) in [6.45, 7) is 2.12. The Balaban J connectivity index is 2.12. The van der Waals surface area contributed by atoms with E-state index in [9.17, 15) is 18.0 Å². The molecule has 0 aromatic heterocycles. The second-order valence-corrected chi connectivity index (χ2v) is 6.49. The van der Waals surface area contributed by atoms with Gasteiger partial charge in [0.25, 0.3) is 5.91 Å². The van der Waals surface area contributed by atoms with Gasteiger partial charge in [-0.2, -0.15) is 13.2 Å². The van der Waals surface area contributed by atoms with E-state index in [0.717, 1.165) is 31.7 Å². The lowest BCUT2D eigenvalue weighted by molar-refractivity contribution is -0.138. The van der Waals surface area contributed by atoms with E-state index in [-0.39, 0.29) is 16.1 Å². The van der Waals surface area contributed by atoms with E-state index in [4.69, 9.17) is 0 Å². The highest BCUT2D eigenvalue weighted by Crippen LogP contribution is 2.35. The zero-order chi connectivity index (χ0) is 15.6. The van der Waals surface area contributed by atoms with Gasteiger partial charge in [0.05, 0.1) is 5.56 Å². The molecule has 2 atom stereocenters. The quantitative estimate of drug-likeness (QED) is 0.804. The first kappa shape index (κ1) is 16.3. The van der Waals surface area contributed by atoms with Crippen LogP contribution in [-0.2, 0) is 6.18 Å². The maximum atomic E-state index is 12.8. The predicted octanol–water partition coefficient (Wildman–Crippen LogP) is 4.78. The summed E-state index contributed by atoms with van der Waals surface area (Å²) in [7, 11) is 0. The van der Waals surface area contributed by atoms with Gasteiger partial charge in [-0.05, 0) is 37.0 Å². The van der Waals surface area contributed by atoms with Crippen molar-refractivity contribution in [2.24, 2.45) is 5.92 Å². The summed E-state index contributed by atoms with van der Waals surface area (Å²) in [6.07, 6.45) is -0.523. The van der Waals surface area contributed by atoms with Gasteiger partial charge < -0.3 is 5.32 Å². The van der Waals surface area contributed by atoms with Crippen molar-refractivity contribution in [1.29, 1.82) is 0 Å². The van der Waals surface area contributed by atoms with Crippen molar-refractivity contribution in [3.8, 4) is 0 Å². The third kappa shape index (κ3) is 4.22. The number of carbonyl (C=O) groups is 1. The monoisotopic (exact) mass is 363 g/mol. The molecular formula is C15H17BrF3NO. The van der Waals surface area contributed by atoms with Crippen LogP contribution in [0.25, 0.3) is 0 Å². The lowest BCUT2D eigenvalue weighted by atomic mass is 9.87. The molecule has 2 unspecified atom stereocenters. The van der Waals surface area contributed by atoms with Crippen LogP contribution in [0.5, 0.6) is 0 Å². The summed E-state index contributed by atoms with van der Waals surface area (Å²) in [6, 6.07) is 3.62. The highest BCUT2D eigenvalue weighted by molar-refractivity contribution is 9.10. The minimum Gasteiger partial charge on any atom is -0.349 e. The highest BCUT2D eigenvalue weighted by atomic mass is 79.9. The number of nitrogens with one attached hydrogen (secondary N) is 1. The zero-order valence-electron chi connectivity index (χ0n) is 11.6. The van der Waals surface area contributed by atoms with Gasteiger partial charge >= 0.3 is 6.18 Å². The van der Waals surface area contributed by atoms with E-state index in [1.807, 2.05) is 0 Å². The Hall–Kier alpha value is -1.04. The number of rotatable bonds is 2. The van der Waals surface area contributed by atoms with Crippen molar-refractivity contribution >= 4 is 21.8 Å². The van der Waals surface area contributed by atoms with Crippen molar-refractivity contribution in [2.45, 2.75) is 44.8 Å². The lowest BCUT2D eigenvalue weighted by Crippen LogP contribution is -2.38. The van der Waals surface area contributed by atoms with Crippen LogP contribution < -0.4 is 5.32 Å². The molecule has 1 saturated carbocycles. The molecule has 0 spiro atoms. The Kier molecular flexibility index (Phi) is 4.96. The topological polar surface area (TPSA) is 29.1 Å². The summed E-state index contributed by atoms with van der Waals surface area (Å²) < 4.78 is 38.5. The molecule has 116 valence electrons. The minimum atomic E-state index is -4.48. The van der Waals surface area contributed by atoms with Gasteiger partial charge in [-0.15, -0.1) is 0 Å². The fourth-order valence-electron chi connectivity index (χ4n) is 2.72. The van der Waals surface area contributed by atoms with E-state index in [2.05, 4.69) is 28.2 Å². The standard InChI is InChI=1S/C15H17BrF3NO/c1-9-3-2-4-11(7-9)20-14(21)10-5-6-13(16)12(8-10)15(17,18)19/h5-6,8-9,11H,2-4,7H2,1H3,(H,20,21). The molecule has 2 rings (SSSR count). The molecule has 1 N–H and O–H groups in total. The summed E-state index contributed by atoms with van der Waals surface area (Å²) in [4.78, 5) is 12.1. The molecule has 6 heteroatoms. The van der Waals surface area contributed by atoms with Gasteiger partial charge in [-0.3, -0.25) is 4.79 Å². The Morgan fingerprint density at radius 3 is 2.67 bits per heavy atom. The maximum absolute atomic E-state index is 12.8. The molecule has 1 aromatic rings. The molecule has 0 bridgehead atoms. The summed E-state index contributed by atoms with van der Waals surface area (Å²) in [5, 5.41) is 2.84. The fraction of sp³-hybridized carbons (Fsp3) is 0.533. The summed E-state index contributed by atoms with van der Waals surface area (Å²) >= 11 is 2.87. The number of hydrogen-bond donors (Lipinski definition) is 1. The summed E-state index contributed by atoms with van der Waals surface area (Å²) in [5.41, 5.74) is -0.782. The Morgan fingerprint density at radius 1 is 1.33 bits per heavy atom. The zero-order valence-corrected chi connectivity index (χ0v) is 13.2. The second kappa shape index (κ2) is 6.38. The van der Waals surface area contributed by atoms with Gasteiger partial charge in [0, 0.05) is 16.1 Å². The SMILES string of the molecule is CC1CCCC(NC(=O)c2ccc(Br)c(C(F)(F)F)c2)C1. The fourth-order valence-corrected chi connectivity index (χ4v) is 3.19. The van der Waals surface area contributed by atoms with Gasteiger partial charge in [-0.1, -0.05) is 35.7 Å². The van der Waals surface area contributed by atoms with Crippen LogP contribution in [-0.4, -0.2) is 11.9 Å². The van der Waals surface area contributed by atoms with E-state index >= 15 is 0 Å². The van der Waals surface area contributed by atoms with Crippen molar-refractivity contribution in [1.82, 2.24) is 5.32 Å². The Morgan fingerprint density at radius 2 is 2.05 bits per heavy atom. The molecule has 21 heavy (non-hydrogen) atoms. The molecule has 0 aliphatic heterocycles. The van der Waals surface area contributed by atoms with Crippen molar-refractivity contribution in [3.05, 3.63) is 33.8 Å². The first-order valence-electron chi connectivity index (χ1n) is 6.95. The van der Waals surface area contributed by atoms with E-state index in [1.165, 1.54) is 12.1 Å². The summed E-state index contributed by atoms with van der Waals surface area (Å²) in [5.74, 6) is 0.104. The van der Waals surface area contributed by atoms with Crippen LogP contribution in [0, 0.1) is 5.92 Å². The molecule has 1 aliphatic carbocycles. The van der Waals surface area contributed by atoms with Crippen LogP contribution in [0.1, 0.15) is 48.5 Å². The van der Waals surface area contributed by atoms with Crippen LogP contribution in [0.4, 0.5) is 13.2 Å². The molecule has 1 aliphatic rings. The molecule has 1 aromatic carbocycles. The van der Waals surface area contributed by atoms with Gasteiger partial charge in [0.2, 0.25) is 0 Å². The molecule has 1 amide bonds. The number of benzene rings is 1. The first-order chi connectivity index (χ1) is 9.77. The van der Waals surface area contributed by atoms with Crippen molar-refractivity contribution in [2.75, 3.05) is 0 Å². The van der Waals surface area contributed by atoms with Gasteiger partial charge in [0.1, 0.15) is 0 Å². The molecule has 0 saturated heterocycles. The van der Waals surface area contributed by atoms with Crippen LogP contribution in [0.2, 0.25) is 0 Å². The van der Waals surface area contributed by atoms with Crippen molar-refractivity contribution in [3.63, 3.8) is 0 Å². The Bertz CT molecular complexity index is 530. The average Bonchev–Trinajstić information content (AvgIpc) is 2.37. The largest absolute Gasteiger partial charge is 0.417 e. The molecule has 0 heterocycles. The van der Waals surface area contributed by atoms with Crippen molar-refractivity contribution < 1.29 is 18.0 Å². The van der Waals surface area contributed by atoms with Crippen LogP contribution >= 0.6 is 15.9 Å². The molecule has 2 nitrogen and oxygen atoms in total. The molecule has 1 fully saturated rings. The van der Waals surface area contributed by atoms with E-state index in [1.54, 1.807) is 0 Å². The first-order valence-corrected chi connectivity index (χ1v) is 7.74. The lowest BCUT2D eigenvalue weighted by Gasteiger charge is -2.27. The van der Waals surface area contributed by atoms with Gasteiger partial charge in [0.15, 0.2) is 0 Å². The van der Waals surface area contributed by atoms with Gasteiger partial charge in [-0.25, -0.2) is 0 Å². The highest BCUT2D eigenvalue weighted by Gasteiger charge is 2.33. The molecule has 0 radical (unpaired) electrons. The minimum absolute atomic E-state index is 0.0451. The second-order valence-electron chi connectivity index (χ2n) is 5.63.